The van der Waals surface area contributed by atoms with E-state index in [1.807, 2.05) is 23.1 Å². The van der Waals surface area contributed by atoms with Gasteiger partial charge in [0.15, 0.2) is 0 Å². The fourth-order valence-corrected chi connectivity index (χ4v) is 4.00. The zero-order valence-corrected chi connectivity index (χ0v) is 14.9. The molecule has 5 heteroatoms. The fraction of sp³-hybridized carbons (Fsp3) is 0.600. The molecule has 0 radical (unpaired) electrons. The summed E-state index contributed by atoms with van der Waals surface area (Å²) in [6.07, 6.45) is 5.50. The highest BCUT2D eigenvalue weighted by Crippen LogP contribution is 2.26. The first-order chi connectivity index (χ1) is 12.2. The predicted octanol–water partition coefficient (Wildman–Crippen LogP) is 2.50. The molecule has 1 saturated heterocycles. The first-order valence-electron chi connectivity index (χ1n) is 9.34. The molecule has 1 aliphatic carbocycles. The third kappa shape index (κ3) is 4.60. The van der Waals surface area contributed by atoms with Gasteiger partial charge in [0.2, 0.25) is 5.91 Å². The average Bonchev–Trinajstić information content (AvgIpc) is 2.66. The lowest BCUT2D eigenvalue weighted by molar-refractivity contribution is -0.147. The average molecular weight is 344 g/mol. The quantitative estimate of drug-likeness (QED) is 0.834. The standard InChI is InChI=1S/C20H28N2O3/c1-25-20(24)16-9-11-17(12-10-16)21-18-8-5-13-22(19(18)23)14-15-6-3-2-4-7-15/h2-4,6-7,16-18,21H,5,8-14H2,1H3/t16?,17?,18-/m0/s1. The molecule has 1 amide bonds. The molecule has 2 fully saturated rings. The van der Waals surface area contributed by atoms with Gasteiger partial charge in [-0.3, -0.25) is 9.59 Å². The monoisotopic (exact) mass is 344 g/mol. The van der Waals surface area contributed by atoms with E-state index in [-0.39, 0.29) is 23.8 Å². The molecule has 1 aliphatic heterocycles. The van der Waals surface area contributed by atoms with E-state index in [1.54, 1.807) is 0 Å². The summed E-state index contributed by atoms with van der Waals surface area (Å²) in [6.45, 7) is 1.52. The van der Waals surface area contributed by atoms with E-state index < -0.39 is 0 Å². The second kappa shape index (κ2) is 8.48. The highest BCUT2D eigenvalue weighted by molar-refractivity contribution is 5.82. The number of benzene rings is 1. The number of carbonyl (C=O) groups is 2. The van der Waals surface area contributed by atoms with E-state index in [9.17, 15) is 9.59 Å². The lowest BCUT2D eigenvalue weighted by Gasteiger charge is -2.36. The van der Waals surface area contributed by atoms with Gasteiger partial charge in [0.25, 0.3) is 0 Å². The summed E-state index contributed by atoms with van der Waals surface area (Å²) in [5.41, 5.74) is 1.18. The molecule has 136 valence electrons. The molecule has 1 aromatic rings. The van der Waals surface area contributed by atoms with Crippen molar-refractivity contribution >= 4 is 11.9 Å². The Bertz CT molecular complexity index is 582. The lowest BCUT2D eigenvalue weighted by atomic mass is 9.85. The van der Waals surface area contributed by atoms with Crippen LogP contribution in [0.25, 0.3) is 0 Å². The number of nitrogens with one attached hydrogen (secondary N) is 1. The van der Waals surface area contributed by atoms with Crippen LogP contribution in [0.1, 0.15) is 44.1 Å². The van der Waals surface area contributed by atoms with Crippen molar-refractivity contribution in [2.24, 2.45) is 5.92 Å². The van der Waals surface area contributed by atoms with Gasteiger partial charge < -0.3 is 15.0 Å². The summed E-state index contributed by atoms with van der Waals surface area (Å²) in [6, 6.07) is 10.4. The number of rotatable bonds is 5. The lowest BCUT2D eigenvalue weighted by Crippen LogP contribution is -2.53. The van der Waals surface area contributed by atoms with Crippen molar-refractivity contribution in [2.75, 3.05) is 13.7 Å². The Morgan fingerprint density at radius 2 is 1.88 bits per heavy atom. The third-order valence-electron chi connectivity index (χ3n) is 5.45. The fourth-order valence-electron chi connectivity index (χ4n) is 4.00. The highest BCUT2D eigenvalue weighted by atomic mass is 16.5. The number of amides is 1. The van der Waals surface area contributed by atoms with Gasteiger partial charge in [0.1, 0.15) is 0 Å². The maximum Gasteiger partial charge on any atom is 0.308 e. The van der Waals surface area contributed by atoms with Crippen LogP contribution in [0.2, 0.25) is 0 Å². The van der Waals surface area contributed by atoms with Crippen LogP contribution in [0, 0.1) is 5.92 Å². The normalized spacial score (nSPS) is 27.2. The third-order valence-corrected chi connectivity index (χ3v) is 5.45. The van der Waals surface area contributed by atoms with Gasteiger partial charge in [-0.15, -0.1) is 0 Å². The van der Waals surface area contributed by atoms with Crippen LogP contribution in [0.15, 0.2) is 30.3 Å². The Labute approximate surface area is 149 Å². The van der Waals surface area contributed by atoms with Crippen LogP contribution < -0.4 is 5.32 Å². The summed E-state index contributed by atoms with van der Waals surface area (Å²) < 4.78 is 4.84. The minimum absolute atomic E-state index is 0.0275. The SMILES string of the molecule is COC(=O)C1CCC(N[C@H]2CCCN(Cc3ccccc3)C2=O)CC1. The van der Waals surface area contributed by atoms with Gasteiger partial charge in [-0.05, 0) is 44.1 Å². The zero-order chi connectivity index (χ0) is 17.6. The van der Waals surface area contributed by atoms with E-state index in [1.165, 1.54) is 12.7 Å². The zero-order valence-electron chi connectivity index (χ0n) is 14.9. The van der Waals surface area contributed by atoms with Gasteiger partial charge >= 0.3 is 5.97 Å². The molecule has 1 heterocycles. The van der Waals surface area contributed by atoms with Crippen LogP contribution in [0.5, 0.6) is 0 Å². The van der Waals surface area contributed by atoms with Crippen LogP contribution in [0.4, 0.5) is 0 Å². The predicted molar refractivity (Wildman–Crippen MR) is 95.8 cm³/mol. The highest BCUT2D eigenvalue weighted by Gasteiger charge is 2.33. The maximum atomic E-state index is 12.8. The number of carbonyl (C=O) groups excluding carboxylic acids is 2. The Kier molecular flexibility index (Phi) is 6.08. The van der Waals surface area contributed by atoms with E-state index >= 15 is 0 Å². The molecule has 0 aromatic heterocycles. The molecule has 1 aromatic carbocycles. The van der Waals surface area contributed by atoms with E-state index in [2.05, 4.69) is 17.4 Å². The van der Waals surface area contributed by atoms with E-state index in [0.717, 1.165) is 45.1 Å². The molecule has 0 bridgehead atoms. The van der Waals surface area contributed by atoms with Gasteiger partial charge in [-0.1, -0.05) is 30.3 Å². The molecule has 2 aliphatic rings. The minimum Gasteiger partial charge on any atom is -0.469 e. The number of hydrogen-bond donors (Lipinski definition) is 1. The van der Waals surface area contributed by atoms with Crippen LogP contribution in [-0.2, 0) is 20.9 Å². The minimum atomic E-state index is -0.0961. The Morgan fingerprint density at radius 1 is 1.16 bits per heavy atom. The Balaban J connectivity index is 1.51. The van der Waals surface area contributed by atoms with Crippen molar-refractivity contribution in [1.29, 1.82) is 0 Å². The number of nitrogens with zero attached hydrogens (tertiary/aromatic N) is 1. The molecule has 3 rings (SSSR count). The molecule has 0 unspecified atom stereocenters. The smallest absolute Gasteiger partial charge is 0.308 e. The largest absolute Gasteiger partial charge is 0.469 e. The number of esters is 1. The van der Waals surface area contributed by atoms with Crippen molar-refractivity contribution in [2.45, 2.75) is 57.2 Å². The summed E-state index contributed by atoms with van der Waals surface area (Å²) in [5, 5.41) is 3.56. The summed E-state index contributed by atoms with van der Waals surface area (Å²) >= 11 is 0. The molecular weight excluding hydrogens is 316 g/mol. The molecular formula is C20H28N2O3. The van der Waals surface area contributed by atoms with Gasteiger partial charge in [0.05, 0.1) is 19.1 Å². The van der Waals surface area contributed by atoms with Crippen molar-refractivity contribution in [1.82, 2.24) is 10.2 Å². The molecule has 1 N–H and O–H groups in total. The van der Waals surface area contributed by atoms with Crippen LogP contribution >= 0.6 is 0 Å². The number of ether oxygens (including phenoxy) is 1. The van der Waals surface area contributed by atoms with Gasteiger partial charge in [-0.2, -0.15) is 0 Å². The first kappa shape index (κ1) is 17.9. The molecule has 25 heavy (non-hydrogen) atoms. The number of likely N-dealkylation sites (tertiary alicyclic amines) is 1. The topological polar surface area (TPSA) is 58.6 Å². The summed E-state index contributed by atoms with van der Waals surface area (Å²) in [5.74, 6) is 0.145. The second-order valence-electron chi connectivity index (χ2n) is 7.18. The molecule has 1 atom stereocenters. The second-order valence-corrected chi connectivity index (χ2v) is 7.18. The van der Waals surface area contributed by atoms with Crippen molar-refractivity contribution in [3.8, 4) is 0 Å². The van der Waals surface area contributed by atoms with Crippen LogP contribution in [-0.4, -0.2) is 42.5 Å². The molecule has 5 nitrogen and oxygen atoms in total. The summed E-state index contributed by atoms with van der Waals surface area (Å²) in [7, 11) is 1.45. The molecule has 1 saturated carbocycles. The van der Waals surface area contributed by atoms with Gasteiger partial charge in [-0.25, -0.2) is 0 Å². The first-order valence-corrected chi connectivity index (χ1v) is 9.34. The number of hydrogen-bond acceptors (Lipinski definition) is 4. The van der Waals surface area contributed by atoms with Crippen molar-refractivity contribution in [3.05, 3.63) is 35.9 Å². The summed E-state index contributed by atoms with van der Waals surface area (Å²) in [4.78, 5) is 26.4. The molecule has 0 spiro atoms. The Hall–Kier alpha value is -1.88. The number of methoxy groups -OCH3 is 1. The van der Waals surface area contributed by atoms with Crippen molar-refractivity contribution < 1.29 is 14.3 Å². The van der Waals surface area contributed by atoms with Gasteiger partial charge in [0, 0.05) is 19.1 Å². The Morgan fingerprint density at radius 3 is 2.56 bits per heavy atom. The van der Waals surface area contributed by atoms with E-state index in [4.69, 9.17) is 4.74 Å². The van der Waals surface area contributed by atoms with Crippen molar-refractivity contribution in [3.63, 3.8) is 0 Å². The number of piperidine rings is 1. The maximum absolute atomic E-state index is 12.8. The van der Waals surface area contributed by atoms with E-state index in [0.29, 0.717) is 12.6 Å². The van der Waals surface area contributed by atoms with Crippen LogP contribution in [0.3, 0.4) is 0 Å².